The number of nitrogens with zero attached hydrogens (tertiary/aromatic N) is 1. The Hall–Kier alpha value is 1.10. The molecule has 0 aliphatic heterocycles. The van der Waals surface area contributed by atoms with Crippen molar-refractivity contribution in [1.29, 1.82) is 0 Å². The molecule has 0 bridgehead atoms. The van der Waals surface area contributed by atoms with Crippen LogP contribution in [0.3, 0.4) is 0 Å². The molecule has 0 saturated carbocycles. The van der Waals surface area contributed by atoms with Gasteiger partial charge in [0.05, 0.1) is 26.2 Å². The minimum atomic E-state index is -5.62. The summed E-state index contributed by atoms with van der Waals surface area (Å²) in [6.45, 7) is 15.0. The summed E-state index contributed by atoms with van der Waals surface area (Å²) < 4.78 is 70.0. The van der Waals surface area contributed by atoms with Gasteiger partial charge in [-0.1, -0.05) is 53.4 Å². The van der Waals surface area contributed by atoms with Crippen LogP contribution in [0, 0.1) is 41.7 Å². The third-order valence-corrected chi connectivity index (χ3v) is 3.94. The van der Waals surface area contributed by atoms with E-state index in [0.29, 0.717) is 0 Å². The van der Waals surface area contributed by atoms with Gasteiger partial charge >= 0.3 is 99.1 Å². The standard InChI is InChI=1S/C16H36N.Ce.2Mn.8O/c1-5-9-13-17(14-10-6-2,15-11-7-3)16-12-8-4;;;;;;;;;;;/h5-16H2,1-4H3;;;;;;;;;;;/q2*+1;;;;;;;;;2*-1. The summed E-state index contributed by atoms with van der Waals surface area (Å²) in [6.07, 6.45) is 11.1. The van der Waals surface area contributed by atoms with Crippen LogP contribution in [0.25, 0.3) is 0 Å². The summed E-state index contributed by atoms with van der Waals surface area (Å²) in [4.78, 5) is 0. The summed E-state index contributed by atoms with van der Waals surface area (Å²) in [5.74, 6) is 0. The van der Waals surface area contributed by atoms with Crippen LogP contribution in [-0.4, -0.2) is 30.7 Å². The Bertz CT molecular complexity index is 545. The van der Waals surface area contributed by atoms with Crippen LogP contribution < -0.4 is 8.38 Å². The molecule has 0 atom stereocenters. The molecule has 0 aromatic carbocycles. The Morgan fingerprint density at radius 2 is 0.679 bits per heavy atom. The zero-order chi connectivity index (χ0) is 22.0. The predicted octanol–water partition coefficient (Wildman–Crippen LogP) is 1.91. The van der Waals surface area contributed by atoms with Crippen molar-refractivity contribution in [3.05, 3.63) is 0 Å². The first-order valence-corrected chi connectivity index (χ1v) is 13.2. The van der Waals surface area contributed by atoms with Crippen molar-refractivity contribution in [1.82, 2.24) is 0 Å². The molecule has 0 unspecified atom stereocenters. The summed E-state index contributed by atoms with van der Waals surface area (Å²) in [7, 11) is 0. The van der Waals surface area contributed by atoms with Crippen LogP contribution in [-0.2, 0) is 48.9 Å². The number of unbranched alkanes of at least 4 members (excludes halogenated alkanes) is 4. The molecule has 28 heavy (non-hydrogen) atoms. The van der Waals surface area contributed by atoms with E-state index >= 15 is 0 Å². The molecule has 0 rings (SSSR count). The van der Waals surface area contributed by atoms with Gasteiger partial charge in [0.25, 0.3) is 0 Å². The molecule has 0 spiro atoms. The van der Waals surface area contributed by atoms with Crippen molar-refractivity contribution in [2.75, 3.05) is 26.2 Å². The second kappa shape index (κ2) is 21.3. The molecular weight excluding hydrogens is 584 g/mol. The van der Waals surface area contributed by atoms with Crippen molar-refractivity contribution in [2.45, 2.75) is 79.1 Å². The van der Waals surface area contributed by atoms with Crippen molar-refractivity contribution in [3.63, 3.8) is 0 Å². The molecule has 12 heteroatoms. The van der Waals surface area contributed by atoms with Crippen LogP contribution in [0.2, 0.25) is 0 Å². The molecule has 0 N–H and O–H groups in total. The molecule has 0 amide bonds. The van der Waals surface area contributed by atoms with Gasteiger partial charge < -0.3 is 4.48 Å². The molecule has 0 heterocycles. The second-order valence-corrected chi connectivity index (χ2v) is 8.77. The van der Waals surface area contributed by atoms with E-state index in [-0.39, 0.29) is 41.7 Å². The Balaban J connectivity index is -0.000000216. The maximum atomic E-state index is 8.58. The van der Waals surface area contributed by atoms with Gasteiger partial charge in [-0.15, -0.1) is 0 Å². The fourth-order valence-electron chi connectivity index (χ4n) is 2.64. The molecule has 0 saturated heterocycles. The fraction of sp³-hybridized carbons (Fsp3) is 1.00. The molecule has 0 aromatic rings. The molecule has 0 aliphatic rings. The SMILES string of the molecule is CCCC[N+](CCCC)(CCCC)CCCC.[Ce+].[O]=[Mn](=[O])(=[O])[O-].[O]=[Mn](=[O])(=[O])[O-]. The van der Waals surface area contributed by atoms with E-state index in [1.807, 2.05) is 0 Å². The second-order valence-electron chi connectivity index (χ2n) is 6.41. The average molecular weight is 620 g/mol. The Labute approximate surface area is 206 Å². The third kappa shape index (κ3) is 41.5. The predicted molar refractivity (Wildman–Crippen MR) is 83.5 cm³/mol. The third-order valence-electron chi connectivity index (χ3n) is 3.94. The van der Waals surface area contributed by atoms with Crippen molar-refractivity contribution < 1.29 is 104 Å². The summed E-state index contributed by atoms with van der Waals surface area (Å²) >= 11 is -11.2. The van der Waals surface area contributed by atoms with Crippen LogP contribution >= 0.6 is 0 Å². The zero-order valence-electron chi connectivity index (χ0n) is 17.5. The van der Waals surface area contributed by atoms with E-state index in [1.54, 1.807) is 0 Å². The quantitative estimate of drug-likeness (QED) is 0.237. The van der Waals surface area contributed by atoms with Gasteiger partial charge in [0.1, 0.15) is 0 Å². The van der Waals surface area contributed by atoms with Crippen molar-refractivity contribution >= 4 is 0 Å². The Morgan fingerprint density at radius 3 is 0.786 bits per heavy atom. The van der Waals surface area contributed by atoms with E-state index in [1.165, 1.54) is 82.0 Å². The van der Waals surface area contributed by atoms with E-state index in [0.717, 1.165) is 0 Å². The van der Waals surface area contributed by atoms with Crippen LogP contribution in [0.4, 0.5) is 0 Å². The minimum absolute atomic E-state index is 0. The number of rotatable bonds is 12. The molecule has 1 radical (unpaired) electrons. The molecule has 171 valence electrons. The fourth-order valence-corrected chi connectivity index (χ4v) is 2.64. The van der Waals surface area contributed by atoms with E-state index in [4.69, 9.17) is 31.4 Å². The number of hydrogen-bond donors (Lipinski definition) is 0. The monoisotopic (exact) mass is 620 g/mol. The average Bonchev–Trinajstić information content (AvgIpc) is 2.50. The van der Waals surface area contributed by atoms with Gasteiger partial charge in [-0.25, -0.2) is 0 Å². The normalized spacial score (nSPS) is 11.4. The van der Waals surface area contributed by atoms with Gasteiger partial charge in [0.15, 0.2) is 0 Å². The first-order valence-electron chi connectivity index (χ1n) is 9.33. The van der Waals surface area contributed by atoms with Gasteiger partial charge in [-0.2, -0.15) is 0 Å². The van der Waals surface area contributed by atoms with E-state index < -0.39 is 25.9 Å². The molecule has 9 nitrogen and oxygen atoms in total. The molecular formula is C16H36CeMn2NO8. The van der Waals surface area contributed by atoms with Crippen LogP contribution in [0.15, 0.2) is 0 Å². The van der Waals surface area contributed by atoms with Gasteiger partial charge in [-0.3, -0.25) is 0 Å². The molecule has 0 aromatic heterocycles. The van der Waals surface area contributed by atoms with Gasteiger partial charge in [-0.05, 0) is 25.7 Å². The first kappa shape index (κ1) is 36.5. The Kier molecular flexibility index (Phi) is 27.8. The van der Waals surface area contributed by atoms with Crippen molar-refractivity contribution in [2.24, 2.45) is 0 Å². The van der Waals surface area contributed by atoms with Crippen LogP contribution in [0.1, 0.15) is 79.1 Å². The van der Waals surface area contributed by atoms with Gasteiger partial charge in [0.2, 0.25) is 0 Å². The Morgan fingerprint density at radius 1 is 0.536 bits per heavy atom. The number of quaternary nitrogens is 1. The number of hydrogen-bond acceptors (Lipinski definition) is 8. The first-order chi connectivity index (χ1) is 12.2. The summed E-state index contributed by atoms with van der Waals surface area (Å²) in [5, 5.41) is 0. The van der Waals surface area contributed by atoms with Gasteiger partial charge in [0, 0.05) is 0 Å². The van der Waals surface area contributed by atoms with Crippen molar-refractivity contribution in [3.8, 4) is 0 Å². The summed E-state index contributed by atoms with van der Waals surface area (Å²) in [5.41, 5.74) is 0. The van der Waals surface area contributed by atoms with E-state index in [2.05, 4.69) is 27.7 Å². The van der Waals surface area contributed by atoms with E-state index in [9.17, 15) is 0 Å². The maximum absolute atomic E-state index is 8.58. The van der Waals surface area contributed by atoms with Crippen LogP contribution in [0.5, 0.6) is 0 Å². The molecule has 0 fully saturated rings. The topological polar surface area (TPSA) is 149 Å². The zero-order valence-corrected chi connectivity index (χ0v) is 23.0. The molecule has 0 aliphatic carbocycles. The summed E-state index contributed by atoms with van der Waals surface area (Å²) in [6, 6.07) is 0.